The second-order valence-electron chi connectivity index (χ2n) is 7.30. The van der Waals surface area contributed by atoms with Gasteiger partial charge in [0, 0.05) is 39.3 Å². The average Bonchev–Trinajstić information content (AvgIpc) is 2.36. The number of nitrogens with zero attached hydrogens (tertiary/aromatic N) is 2. The number of nitrogens with two attached hydrogens (primary N) is 1. The summed E-state index contributed by atoms with van der Waals surface area (Å²) in [4.78, 5) is 16.8. The van der Waals surface area contributed by atoms with Crippen LogP contribution >= 0.6 is 0 Å². The molecule has 0 aliphatic carbocycles. The quantitative estimate of drug-likeness (QED) is 0.765. The molecule has 0 radical (unpaired) electrons. The van der Waals surface area contributed by atoms with E-state index in [1.807, 2.05) is 20.8 Å². The summed E-state index contributed by atoms with van der Waals surface area (Å²) in [6, 6.07) is -0.446. The molecule has 1 saturated heterocycles. The summed E-state index contributed by atoms with van der Waals surface area (Å²) in [5.74, 6) is 0.414. The minimum atomic E-state index is -0.446. The van der Waals surface area contributed by atoms with Crippen molar-refractivity contribution in [1.82, 2.24) is 15.1 Å². The van der Waals surface area contributed by atoms with E-state index in [-0.39, 0.29) is 11.3 Å². The van der Waals surface area contributed by atoms with Crippen molar-refractivity contribution in [2.45, 2.75) is 33.7 Å². The van der Waals surface area contributed by atoms with Crippen LogP contribution in [-0.2, 0) is 4.79 Å². The highest BCUT2D eigenvalue weighted by molar-refractivity contribution is 5.82. The SMILES string of the molecule is CC(CNC(=O)[C@@H](N)C(C)(C)C)CN1CCN(C)CC1. The highest BCUT2D eigenvalue weighted by Gasteiger charge is 2.27. The third-order valence-electron chi connectivity index (χ3n) is 4.01. The van der Waals surface area contributed by atoms with Crippen LogP contribution in [0.3, 0.4) is 0 Å². The van der Waals surface area contributed by atoms with Crippen LogP contribution in [0.5, 0.6) is 0 Å². The van der Waals surface area contributed by atoms with Gasteiger partial charge in [-0.2, -0.15) is 0 Å². The Hall–Kier alpha value is -0.650. The van der Waals surface area contributed by atoms with Gasteiger partial charge in [-0.05, 0) is 18.4 Å². The molecule has 2 atom stereocenters. The van der Waals surface area contributed by atoms with E-state index in [0.717, 1.165) is 32.7 Å². The van der Waals surface area contributed by atoms with Crippen molar-refractivity contribution in [3.63, 3.8) is 0 Å². The lowest BCUT2D eigenvalue weighted by atomic mass is 9.87. The predicted octanol–water partition coefficient (Wildman–Crippen LogP) is 0.360. The van der Waals surface area contributed by atoms with Crippen molar-refractivity contribution in [1.29, 1.82) is 0 Å². The molecule has 1 aliphatic rings. The van der Waals surface area contributed by atoms with E-state index >= 15 is 0 Å². The molecule has 1 heterocycles. The molecule has 0 bridgehead atoms. The second-order valence-corrected chi connectivity index (χ2v) is 7.30. The van der Waals surface area contributed by atoms with Gasteiger partial charge in [0.25, 0.3) is 0 Å². The Morgan fingerprint density at radius 1 is 1.25 bits per heavy atom. The van der Waals surface area contributed by atoms with Gasteiger partial charge in [0.1, 0.15) is 0 Å². The van der Waals surface area contributed by atoms with E-state index in [0.29, 0.717) is 12.5 Å². The van der Waals surface area contributed by atoms with Gasteiger partial charge in [0.05, 0.1) is 6.04 Å². The van der Waals surface area contributed by atoms with Gasteiger partial charge in [-0.15, -0.1) is 0 Å². The lowest BCUT2D eigenvalue weighted by Crippen LogP contribution is -2.50. The summed E-state index contributed by atoms with van der Waals surface area (Å²) in [6.07, 6.45) is 0. The van der Waals surface area contributed by atoms with Gasteiger partial charge < -0.3 is 20.9 Å². The van der Waals surface area contributed by atoms with Crippen molar-refractivity contribution >= 4 is 5.91 Å². The lowest BCUT2D eigenvalue weighted by Gasteiger charge is -2.34. The van der Waals surface area contributed by atoms with Crippen LogP contribution in [0.25, 0.3) is 0 Å². The van der Waals surface area contributed by atoms with Crippen LogP contribution in [0.1, 0.15) is 27.7 Å². The molecule has 5 heteroatoms. The Morgan fingerprint density at radius 2 is 1.80 bits per heavy atom. The summed E-state index contributed by atoms with van der Waals surface area (Å²) >= 11 is 0. The fraction of sp³-hybridized carbons (Fsp3) is 0.933. The van der Waals surface area contributed by atoms with Gasteiger partial charge in [-0.1, -0.05) is 27.7 Å². The first-order valence-electron chi connectivity index (χ1n) is 7.64. The molecule has 20 heavy (non-hydrogen) atoms. The Labute approximate surface area is 123 Å². The van der Waals surface area contributed by atoms with Gasteiger partial charge in [-0.25, -0.2) is 0 Å². The van der Waals surface area contributed by atoms with Crippen molar-refractivity contribution in [2.24, 2.45) is 17.1 Å². The number of nitrogens with one attached hydrogen (secondary N) is 1. The molecule has 1 rings (SSSR count). The minimum absolute atomic E-state index is 0.0391. The molecule has 1 aliphatic heterocycles. The molecule has 1 unspecified atom stereocenters. The Morgan fingerprint density at radius 3 is 2.30 bits per heavy atom. The molecule has 0 aromatic carbocycles. The van der Waals surface area contributed by atoms with Crippen LogP contribution < -0.4 is 11.1 Å². The Bertz CT molecular complexity index is 305. The Kier molecular flexibility index (Phi) is 6.43. The molecule has 1 amide bonds. The number of amides is 1. The minimum Gasteiger partial charge on any atom is -0.354 e. The zero-order chi connectivity index (χ0) is 15.3. The largest absolute Gasteiger partial charge is 0.354 e. The number of carbonyl (C=O) groups excluding carboxylic acids is 1. The summed E-state index contributed by atoms with van der Waals surface area (Å²) in [5, 5.41) is 2.99. The molecule has 3 N–H and O–H groups in total. The number of hydrogen-bond acceptors (Lipinski definition) is 4. The molecule has 5 nitrogen and oxygen atoms in total. The smallest absolute Gasteiger partial charge is 0.237 e. The number of rotatable bonds is 5. The van der Waals surface area contributed by atoms with Gasteiger partial charge in [-0.3, -0.25) is 4.79 Å². The predicted molar refractivity (Wildman–Crippen MR) is 83.5 cm³/mol. The molecule has 0 aromatic heterocycles. The highest BCUT2D eigenvalue weighted by Crippen LogP contribution is 2.17. The summed E-state index contributed by atoms with van der Waals surface area (Å²) in [7, 11) is 2.16. The first-order valence-corrected chi connectivity index (χ1v) is 7.64. The van der Waals surface area contributed by atoms with Crippen LogP contribution in [0, 0.1) is 11.3 Å². The van der Waals surface area contributed by atoms with Gasteiger partial charge in [0.15, 0.2) is 0 Å². The molecule has 118 valence electrons. The maximum atomic E-state index is 12.0. The van der Waals surface area contributed by atoms with Crippen LogP contribution in [0.15, 0.2) is 0 Å². The topological polar surface area (TPSA) is 61.6 Å². The van der Waals surface area contributed by atoms with Gasteiger partial charge in [0.2, 0.25) is 5.91 Å². The molecule has 0 spiro atoms. The summed E-state index contributed by atoms with van der Waals surface area (Å²) in [6.45, 7) is 14.4. The van der Waals surface area contributed by atoms with Crippen molar-refractivity contribution < 1.29 is 4.79 Å². The summed E-state index contributed by atoms with van der Waals surface area (Å²) < 4.78 is 0. The van der Waals surface area contributed by atoms with Crippen molar-refractivity contribution in [3.8, 4) is 0 Å². The fourth-order valence-electron chi connectivity index (χ4n) is 2.31. The van der Waals surface area contributed by atoms with E-state index in [9.17, 15) is 4.79 Å². The highest BCUT2D eigenvalue weighted by atomic mass is 16.2. The first kappa shape index (κ1) is 17.4. The maximum Gasteiger partial charge on any atom is 0.237 e. The third-order valence-corrected chi connectivity index (χ3v) is 4.01. The fourth-order valence-corrected chi connectivity index (χ4v) is 2.31. The molecular formula is C15H32N4O. The average molecular weight is 284 g/mol. The standard InChI is InChI=1S/C15H32N4O/c1-12(11-19-8-6-18(5)7-9-19)10-17-14(20)13(16)15(2,3)4/h12-13H,6-11,16H2,1-5H3,(H,17,20)/t12?,13-/m1/s1. The lowest BCUT2D eigenvalue weighted by molar-refractivity contribution is -0.124. The van der Waals surface area contributed by atoms with E-state index in [1.165, 1.54) is 0 Å². The zero-order valence-corrected chi connectivity index (χ0v) is 13.8. The molecule has 0 saturated carbocycles. The zero-order valence-electron chi connectivity index (χ0n) is 13.8. The van der Waals surface area contributed by atoms with Crippen molar-refractivity contribution in [2.75, 3.05) is 46.3 Å². The van der Waals surface area contributed by atoms with Gasteiger partial charge >= 0.3 is 0 Å². The third kappa shape index (κ3) is 5.77. The first-order chi connectivity index (χ1) is 9.20. The summed E-state index contributed by atoms with van der Waals surface area (Å²) in [5.41, 5.74) is 5.76. The molecule has 1 fully saturated rings. The van der Waals surface area contributed by atoms with E-state index in [2.05, 4.69) is 29.1 Å². The monoisotopic (exact) mass is 284 g/mol. The molecule has 0 aromatic rings. The van der Waals surface area contributed by atoms with Crippen LogP contribution in [0.4, 0.5) is 0 Å². The Balaban J connectivity index is 2.26. The number of likely N-dealkylation sites (N-methyl/N-ethyl adjacent to an activating group) is 1. The second kappa shape index (κ2) is 7.38. The maximum absolute atomic E-state index is 12.0. The van der Waals surface area contributed by atoms with Crippen molar-refractivity contribution in [3.05, 3.63) is 0 Å². The van der Waals surface area contributed by atoms with Crippen LogP contribution in [-0.4, -0.2) is 68.1 Å². The van der Waals surface area contributed by atoms with E-state index in [4.69, 9.17) is 5.73 Å². The normalized spacial score (nSPS) is 21.5. The van der Waals surface area contributed by atoms with E-state index < -0.39 is 6.04 Å². The number of carbonyl (C=O) groups is 1. The molecular weight excluding hydrogens is 252 g/mol. The van der Waals surface area contributed by atoms with E-state index in [1.54, 1.807) is 0 Å². The number of hydrogen-bond donors (Lipinski definition) is 2. The number of piperazine rings is 1. The van der Waals surface area contributed by atoms with Crippen LogP contribution in [0.2, 0.25) is 0 Å².